The maximum absolute atomic E-state index is 13.4. The molecule has 1 N–H and O–H groups in total. The average molecular weight is 475 g/mol. The largest absolute Gasteiger partial charge is 0.418 e. The normalized spacial score (nSPS) is 20.3. The van der Waals surface area contributed by atoms with Crippen molar-refractivity contribution in [2.45, 2.75) is 31.3 Å². The Labute approximate surface area is 192 Å². The summed E-state index contributed by atoms with van der Waals surface area (Å²) >= 11 is 1.24. The quantitative estimate of drug-likeness (QED) is 0.695. The van der Waals surface area contributed by atoms with Gasteiger partial charge in [0.1, 0.15) is 11.8 Å². The molecule has 4 amide bonds. The van der Waals surface area contributed by atoms with E-state index < -0.39 is 53.1 Å². The first-order valence-electron chi connectivity index (χ1n) is 10.1. The Kier molecular flexibility index (Phi) is 5.96. The Morgan fingerprint density at radius 2 is 1.82 bits per heavy atom. The molecule has 2 aliphatic heterocycles. The number of rotatable bonds is 4. The van der Waals surface area contributed by atoms with Crippen LogP contribution in [0.4, 0.5) is 29.3 Å². The third kappa shape index (κ3) is 4.22. The number of benzene rings is 2. The van der Waals surface area contributed by atoms with Gasteiger partial charge in [0.2, 0.25) is 5.91 Å². The van der Waals surface area contributed by atoms with Crippen LogP contribution in [0.3, 0.4) is 0 Å². The van der Waals surface area contributed by atoms with Gasteiger partial charge in [-0.1, -0.05) is 30.3 Å². The van der Waals surface area contributed by atoms with Gasteiger partial charge in [-0.3, -0.25) is 9.59 Å². The summed E-state index contributed by atoms with van der Waals surface area (Å²) in [5.41, 5.74) is 0.681. The van der Waals surface area contributed by atoms with Crippen LogP contribution >= 0.6 is 11.8 Å². The lowest BCUT2D eigenvalue weighted by molar-refractivity contribution is -0.137. The van der Waals surface area contributed by atoms with Gasteiger partial charge in [-0.25, -0.2) is 9.69 Å². The number of hydrogen-bond acceptors (Lipinski definition) is 4. The molecule has 0 aliphatic carbocycles. The Morgan fingerprint density at radius 1 is 1.09 bits per heavy atom. The molecule has 2 aromatic rings. The van der Waals surface area contributed by atoms with Crippen molar-refractivity contribution in [3.63, 3.8) is 0 Å². The molecular formula is C23H20F3N3O3S. The predicted octanol–water partition coefficient (Wildman–Crippen LogP) is 4.73. The second-order valence-electron chi connectivity index (χ2n) is 7.77. The molecule has 172 valence electrons. The van der Waals surface area contributed by atoms with Crippen molar-refractivity contribution < 1.29 is 27.6 Å². The van der Waals surface area contributed by atoms with Crippen LogP contribution in [0.5, 0.6) is 0 Å². The van der Waals surface area contributed by atoms with Crippen LogP contribution in [0.2, 0.25) is 0 Å². The molecule has 2 atom stereocenters. The van der Waals surface area contributed by atoms with Crippen molar-refractivity contribution in [3.05, 3.63) is 70.6 Å². The van der Waals surface area contributed by atoms with Gasteiger partial charge in [-0.05, 0) is 48.6 Å². The first-order chi connectivity index (χ1) is 15.6. The number of hydrogen-bond donors (Lipinski definition) is 1. The van der Waals surface area contributed by atoms with E-state index in [1.54, 1.807) is 30.5 Å². The van der Waals surface area contributed by atoms with Gasteiger partial charge in [0.05, 0.1) is 23.0 Å². The second kappa shape index (κ2) is 8.58. The minimum atomic E-state index is -4.65. The molecule has 0 radical (unpaired) electrons. The monoisotopic (exact) mass is 475 g/mol. The molecule has 2 heterocycles. The van der Waals surface area contributed by atoms with Crippen LogP contribution in [-0.2, 0) is 15.8 Å². The van der Waals surface area contributed by atoms with Gasteiger partial charge in [-0.2, -0.15) is 13.2 Å². The summed E-state index contributed by atoms with van der Waals surface area (Å²) in [5, 5.41) is 3.31. The maximum Gasteiger partial charge on any atom is 0.418 e. The van der Waals surface area contributed by atoms with Crippen molar-refractivity contribution in [1.29, 1.82) is 0 Å². The number of aryl methyl sites for hydroxylation is 1. The van der Waals surface area contributed by atoms with E-state index in [-0.39, 0.29) is 0 Å². The van der Waals surface area contributed by atoms with E-state index in [4.69, 9.17) is 0 Å². The second-order valence-corrected chi connectivity index (χ2v) is 8.82. The van der Waals surface area contributed by atoms with E-state index in [0.29, 0.717) is 5.69 Å². The van der Waals surface area contributed by atoms with E-state index >= 15 is 0 Å². The van der Waals surface area contributed by atoms with Crippen molar-refractivity contribution in [3.8, 4) is 0 Å². The average Bonchev–Trinajstić information content (AvgIpc) is 3.24. The zero-order chi connectivity index (χ0) is 23.9. The topological polar surface area (TPSA) is 69.7 Å². The van der Waals surface area contributed by atoms with E-state index in [2.05, 4.69) is 5.32 Å². The molecule has 0 bridgehead atoms. The molecule has 2 aromatic carbocycles. The predicted molar refractivity (Wildman–Crippen MR) is 120 cm³/mol. The van der Waals surface area contributed by atoms with Gasteiger partial charge in [0.25, 0.3) is 5.91 Å². The van der Waals surface area contributed by atoms with E-state index in [9.17, 15) is 27.6 Å². The molecular weight excluding hydrogens is 455 g/mol. The Morgan fingerprint density at radius 3 is 2.55 bits per heavy atom. The fourth-order valence-electron chi connectivity index (χ4n) is 3.90. The zero-order valence-electron chi connectivity index (χ0n) is 17.7. The Hall–Kier alpha value is -3.27. The molecule has 0 spiro atoms. The number of urea groups is 1. The number of carbonyl (C=O) groups is 3. The van der Waals surface area contributed by atoms with Crippen LogP contribution in [0.1, 0.15) is 16.7 Å². The lowest BCUT2D eigenvalue weighted by atomic mass is 10.0. The zero-order valence-corrected chi connectivity index (χ0v) is 18.5. The fraction of sp³-hybridized carbons (Fsp3) is 0.261. The van der Waals surface area contributed by atoms with Crippen molar-refractivity contribution >= 4 is 41.0 Å². The van der Waals surface area contributed by atoms with E-state index in [1.807, 2.05) is 13.0 Å². The highest BCUT2D eigenvalue weighted by atomic mass is 32.2. The third-order valence-electron chi connectivity index (χ3n) is 5.71. The molecule has 10 heteroatoms. The number of fused-ring (bicyclic) bond motifs is 1. The number of thioether (sulfide) groups is 1. The number of imide groups is 1. The smallest absolute Gasteiger partial charge is 0.324 e. The Balaban J connectivity index is 1.62. The van der Waals surface area contributed by atoms with Gasteiger partial charge in [0.15, 0.2) is 0 Å². The van der Waals surface area contributed by atoms with Gasteiger partial charge < -0.3 is 10.2 Å². The Bertz CT molecular complexity index is 1170. The van der Waals surface area contributed by atoms with Crippen LogP contribution in [0.25, 0.3) is 0 Å². The van der Waals surface area contributed by atoms with Crippen LogP contribution < -0.4 is 10.2 Å². The lowest BCUT2D eigenvalue weighted by Crippen LogP contribution is -2.63. The number of para-hydroxylation sites is 1. The molecule has 2 unspecified atom stereocenters. The van der Waals surface area contributed by atoms with Crippen LogP contribution in [0, 0.1) is 13.8 Å². The number of nitrogens with zero attached hydrogens (tertiary/aromatic N) is 2. The summed E-state index contributed by atoms with van der Waals surface area (Å²) in [6.45, 7) is 3.14. The molecule has 0 saturated carbocycles. The summed E-state index contributed by atoms with van der Waals surface area (Å²) in [7, 11) is 0. The van der Waals surface area contributed by atoms with Gasteiger partial charge in [0, 0.05) is 0 Å². The highest BCUT2D eigenvalue weighted by Gasteiger charge is 2.48. The number of halogens is 3. The number of amides is 4. The highest BCUT2D eigenvalue weighted by Crippen LogP contribution is 2.38. The van der Waals surface area contributed by atoms with Crippen molar-refractivity contribution in [2.24, 2.45) is 0 Å². The maximum atomic E-state index is 13.4. The summed E-state index contributed by atoms with van der Waals surface area (Å²) in [4.78, 5) is 41.5. The first kappa shape index (κ1) is 22.9. The fourth-order valence-corrected chi connectivity index (χ4v) is 4.94. The molecule has 2 aliphatic rings. The SMILES string of the molecule is Cc1cccc(N2C(=O)C3SC=CC3N(CC(=O)Nc3ccccc3C(F)(F)F)C2=O)c1C. The summed E-state index contributed by atoms with van der Waals surface area (Å²) in [6, 6.07) is 8.51. The minimum Gasteiger partial charge on any atom is -0.324 e. The molecule has 33 heavy (non-hydrogen) atoms. The number of anilines is 2. The highest BCUT2D eigenvalue weighted by molar-refractivity contribution is 8.03. The van der Waals surface area contributed by atoms with Crippen molar-refractivity contribution in [2.75, 3.05) is 16.8 Å². The standard InChI is InChI=1S/C23H20F3N3O3S/c1-13-6-5-9-17(14(13)2)29-21(31)20-18(10-11-33-20)28(22(29)32)12-19(30)27-16-8-4-3-7-15(16)23(24,25)26/h3-11,18,20H,12H2,1-2H3,(H,27,30). The summed E-state index contributed by atoms with van der Waals surface area (Å²) in [6.07, 6.45) is -2.99. The molecule has 1 saturated heterocycles. The molecule has 6 nitrogen and oxygen atoms in total. The molecule has 1 fully saturated rings. The minimum absolute atomic E-state index is 0.394. The third-order valence-corrected chi connectivity index (χ3v) is 6.80. The number of nitrogens with one attached hydrogen (secondary N) is 1. The van der Waals surface area contributed by atoms with Gasteiger partial charge >= 0.3 is 12.2 Å². The molecule has 0 aromatic heterocycles. The van der Waals surface area contributed by atoms with E-state index in [1.165, 1.54) is 28.8 Å². The van der Waals surface area contributed by atoms with Crippen LogP contribution in [0.15, 0.2) is 53.9 Å². The van der Waals surface area contributed by atoms with Gasteiger partial charge in [-0.15, -0.1) is 11.8 Å². The van der Waals surface area contributed by atoms with Crippen molar-refractivity contribution in [1.82, 2.24) is 4.90 Å². The lowest BCUT2D eigenvalue weighted by Gasteiger charge is -2.41. The van der Waals surface area contributed by atoms with Crippen LogP contribution in [-0.4, -0.2) is 40.6 Å². The number of carbonyl (C=O) groups excluding carboxylic acids is 3. The van der Waals surface area contributed by atoms with E-state index in [0.717, 1.165) is 28.2 Å². The summed E-state index contributed by atoms with van der Waals surface area (Å²) in [5.74, 6) is -1.19. The number of alkyl halides is 3. The first-order valence-corrected chi connectivity index (χ1v) is 11.0. The summed E-state index contributed by atoms with van der Waals surface area (Å²) < 4.78 is 39.8. The molecule has 4 rings (SSSR count).